The van der Waals surface area contributed by atoms with Crippen LogP contribution in [0.25, 0.3) is 0 Å². The number of anilines is 2. The van der Waals surface area contributed by atoms with E-state index in [-0.39, 0.29) is 0 Å². The minimum Gasteiger partial charge on any atom is -0.710 e. The lowest BCUT2D eigenvalue weighted by atomic mass is 10.1. The second-order valence-corrected chi connectivity index (χ2v) is 6.10. The van der Waals surface area contributed by atoms with Crippen LogP contribution in [0.1, 0.15) is 38.8 Å². The van der Waals surface area contributed by atoms with E-state index in [1.54, 1.807) is 0 Å². The molecule has 1 fully saturated rings. The monoisotopic (exact) mass is 315 g/mol. The third kappa shape index (κ3) is 4.50. The summed E-state index contributed by atoms with van der Waals surface area (Å²) in [6, 6.07) is 4.07. The van der Waals surface area contributed by atoms with Gasteiger partial charge in [0.25, 0.3) is 5.82 Å². The van der Waals surface area contributed by atoms with Crippen LogP contribution in [0, 0.1) is 12.1 Å². The molecule has 0 aromatic carbocycles. The van der Waals surface area contributed by atoms with Crippen molar-refractivity contribution in [3.05, 3.63) is 47.3 Å². The minimum atomic E-state index is 0.738. The molecule has 0 unspecified atom stereocenters. The Morgan fingerprint density at radius 3 is 2.26 bits per heavy atom. The molecule has 0 amide bonds. The average molecular weight is 315 g/mol. The van der Waals surface area contributed by atoms with Crippen molar-refractivity contribution in [2.45, 2.75) is 40.0 Å². The van der Waals surface area contributed by atoms with Gasteiger partial charge in [0.15, 0.2) is 0 Å². The van der Waals surface area contributed by atoms with Crippen molar-refractivity contribution < 1.29 is 4.73 Å². The van der Waals surface area contributed by atoms with E-state index >= 15 is 0 Å². The van der Waals surface area contributed by atoms with Crippen molar-refractivity contribution in [3.63, 3.8) is 0 Å². The molecule has 1 aliphatic heterocycles. The number of nitrogens with zero attached hydrogens (tertiary/aromatic N) is 3. The van der Waals surface area contributed by atoms with E-state index in [1.807, 2.05) is 39.0 Å². The van der Waals surface area contributed by atoms with Crippen molar-refractivity contribution in [1.29, 1.82) is 0 Å². The standard InChI is InChI=1S/C19H29N3O/c1-4-6-11-21(12-7-5-2)19-16-18(15-17(3)22(19)23)20-13-9-8-10-14-20/h4-7,15-16H,8-14H2,1-3H3/b6-4+,7-5+. The third-order valence-electron chi connectivity index (χ3n) is 4.33. The number of allylic oxidation sites excluding steroid dienone is 2. The smallest absolute Gasteiger partial charge is 0.282 e. The van der Waals surface area contributed by atoms with E-state index in [0.717, 1.165) is 42.4 Å². The summed E-state index contributed by atoms with van der Waals surface area (Å²) in [5.74, 6) is 0.738. The predicted octanol–water partition coefficient (Wildman–Crippen LogP) is 3.58. The second-order valence-electron chi connectivity index (χ2n) is 6.10. The van der Waals surface area contributed by atoms with Gasteiger partial charge in [0.1, 0.15) is 18.8 Å². The molecule has 1 aromatic rings. The van der Waals surface area contributed by atoms with E-state index < -0.39 is 0 Å². The van der Waals surface area contributed by atoms with Gasteiger partial charge in [-0.2, -0.15) is 0 Å². The maximum absolute atomic E-state index is 12.6. The quantitative estimate of drug-likeness (QED) is 0.457. The lowest BCUT2D eigenvalue weighted by molar-refractivity contribution is -0.599. The molecule has 0 bridgehead atoms. The van der Waals surface area contributed by atoms with Gasteiger partial charge < -0.3 is 10.1 Å². The van der Waals surface area contributed by atoms with E-state index in [2.05, 4.69) is 28.0 Å². The van der Waals surface area contributed by atoms with Crippen molar-refractivity contribution in [1.82, 2.24) is 0 Å². The van der Waals surface area contributed by atoms with Crippen LogP contribution in [0.2, 0.25) is 0 Å². The molecular weight excluding hydrogens is 286 g/mol. The highest BCUT2D eigenvalue weighted by molar-refractivity contribution is 5.54. The van der Waals surface area contributed by atoms with Crippen LogP contribution < -0.4 is 14.5 Å². The molecule has 2 heterocycles. The number of aryl methyl sites for hydroxylation is 1. The van der Waals surface area contributed by atoms with Crippen LogP contribution in [0.5, 0.6) is 0 Å². The molecule has 2 rings (SSSR count). The molecule has 0 atom stereocenters. The zero-order valence-corrected chi connectivity index (χ0v) is 14.7. The first-order valence-electron chi connectivity index (χ1n) is 8.63. The molecular formula is C19H29N3O. The van der Waals surface area contributed by atoms with Crippen molar-refractivity contribution in [2.24, 2.45) is 0 Å². The van der Waals surface area contributed by atoms with Gasteiger partial charge in [-0.1, -0.05) is 12.2 Å². The summed E-state index contributed by atoms with van der Waals surface area (Å²) < 4.78 is 1.06. The minimum absolute atomic E-state index is 0.738. The fourth-order valence-electron chi connectivity index (χ4n) is 2.97. The topological polar surface area (TPSA) is 33.4 Å². The molecule has 126 valence electrons. The SMILES string of the molecule is C/C=C/CN(C/C=C/C)c1cc(N2CCCCC2)cc(C)[n+]1[O-]. The van der Waals surface area contributed by atoms with Crippen LogP contribution in [-0.4, -0.2) is 26.2 Å². The summed E-state index contributed by atoms with van der Waals surface area (Å²) in [5.41, 5.74) is 1.93. The highest BCUT2D eigenvalue weighted by Crippen LogP contribution is 2.24. The zero-order chi connectivity index (χ0) is 16.7. The lowest BCUT2D eigenvalue weighted by Crippen LogP contribution is -2.41. The van der Waals surface area contributed by atoms with Crippen LogP contribution in [0.3, 0.4) is 0 Å². The van der Waals surface area contributed by atoms with Crippen molar-refractivity contribution in [3.8, 4) is 0 Å². The first kappa shape index (κ1) is 17.4. The van der Waals surface area contributed by atoms with Crippen molar-refractivity contribution in [2.75, 3.05) is 36.0 Å². The Kier molecular flexibility index (Phi) is 6.51. The summed E-state index contributed by atoms with van der Waals surface area (Å²) in [6.45, 7) is 9.57. The maximum Gasteiger partial charge on any atom is 0.282 e. The summed E-state index contributed by atoms with van der Waals surface area (Å²) in [4.78, 5) is 4.52. The third-order valence-corrected chi connectivity index (χ3v) is 4.33. The molecule has 23 heavy (non-hydrogen) atoms. The van der Waals surface area contributed by atoms with Crippen molar-refractivity contribution >= 4 is 11.5 Å². The molecule has 1 saturated heterocycles. The average Bonchev–Trinajstić information content (AvgIpc) is 2.58. The predicted molar refractivity (Wildman–Crippen MR) is 98.0 cm³/mol. The molecule has 4 nitrogen and oxygen atoms in total. The van der Waals surface area contributed by atoms with Gasteiger partial charge in [0, 0.05) is 24.8 Å². The van der Waals surface area contributed by atoms with Gasteiger partial charge >= 0.3 is 0 Å². The maximum atomic E-state index is 12.6. The van der Waals surface area contributed by atoms with E-state index in [0.29, 0.717) is 0 Å². The van der Waals surface area contributed by atoms with Gasteiger partial charge in [-0.15, -0.1) is 0 Å². The van der Waals surface area contributed by atoms with E-state index in [1.165, 1.54) is 24.9 Å². The number of rotatable bonds is 6. The molecule has 1 aromatic heterocycles. The molecule has 0 spiro atoms. The first-order valence-corrected chi connectivity index (χ1v) is 8.63. The van der Waals surface area contributed by atoms with Gasteiger partial charge in [0.05, 0.1) is 6.07 Å². The highest BCUT2D eigenvalue weighted by atomic mass is 16.5. The summed E-state index contributed by atoms with van der Waals surface area (Å²) in [6.07, 6.45) is 12.0. The van der Waals surface area contributed by atoms with Crippen LogP contribution in [0.4, 0.5) is 11.5 Å². The Balaban J connectivity index is 2.34. The van der Waals surface area contributed by atoms with Crippen LogP contribution in [0.15, 0.2) is 36.4 Å². The second kappa shape index (κ2) is 8.61. The van der Waals surface area contributed by atoms with Gasteiger partial charge in [-0.3, -0.25) is 4.90 Å². The lowest BCUT2D eigenvalue weighted by Gasteiger charge is -2.30. The molecule has 0 N–H and O–H groups in total. The van der Waals surface area contributed by atoms with Crippen LogP contribution >= 0.6 is 0 Å². The summed E-state index contributed by atoms with van der Waals surface area (Å²) in [7, 11) is 0. The van der Waals surface area contributed by atoms with Gasteiger partial charge in [-0.05, 0) is 52.2 Å². The first-order chi connectivity index (χ1) is 11.2. The number of aromatic nitrogens is 1. The molecule has 0 radical (unpaired) electrons. The zero-order valence-electron chi connectivity index (χ0n) is 14.7. The Hall–Kier alpha value is -1.97. The summed E-state index contributed by atoms with van der Waals surface area (Å²) >= 11 is 0. The Bertz CT molecular complexity index is 546. The molecule has 0 aliphatic carbocycles. The Labute approximate surface area is 140 Å². The van der Waals surface area contributed by atoms with E-state index in [9.17, 15) is 5.21 Å². The van der Waals surface area contributed by atoms with Crippen LogP contribution in [-0.2, 0) is 0 Å². The fourth-order valence-corrected chi connectivity index (χ4v) is 2.97. The van der Waals surface area contributed by atoms with Gasteiger partial charge in [0.2, 0.25) is 0 Å². The number of pyridine rings is 1. The number of piperidine rings is 1. The normalized spacial score (nSPS) is 15.7. The van der Waals surface area contributed by atoms with E-state index in [4.69, 9.17) is 0 Å². The summed E-state index contributed by atoms with van der Waals surface area (Å²) in [5, 5.41) is 12.6. The fraction of sp³-hybridized carbons (Fsp3) is 0.526. The molecule has 1 aliphatic rings. The highest BCUT2D eigenvalue weighted by Gasteiger charge is 2.20. The number of hydrogen-bond acceptors (Lipinski definition) is 3. The Morgan fingerprint density at radius 2 is 1.70 bits per heavy atom. The molecule has 0 saturated carbocycles. The molecule has 4 heteroatoms. The number of hydrogen-bond donors (Lipinski definition) is 0. The Morgan fingerprint density at radius 1 is 1.09 bits per heavy atom. The largest absolute Gasteiger partial charge is 0.710 e. The van der Waals surface area contributed by atoms with Gasteiger partial charge in [-0.25, -0.2) is 4.73 Å².